The first-order valence-corrected chi connectivity index (χ1v) is 21.1. The van der Waals surface area contributed by atoms with Gasteiger partial charge < -0.3 is 29.2 Å². The maximum atomic E-state index is 11.0. The summed E-state index contributed by atoms with van der Waals surface area (Å²) in [5.74, 6) is -0.508. The Kier molecular flexibility index (Phi) is 27.7. The molecule has 0 fully saturated rings. The summed E-state index contributed by atoms with van der Waals surface area (Å²) in [5.41, 5.74) is 7.58. The third-order valence-electron chi connectivity index (χ3n) is 9.39. The molecule has 0 spiro atoms. The molecule has 1 aliphatic rings. The molecule has 1 unspecified atom stereocenters. The van der Waals surface area contributed by atoms with Crippen molar-refractivity contribution in [1.29, 1.82) is 0 Å². The zero-order chi connectivity index (χ0) is 46.8. The highest BCUT2D eigenvalue weighted by Gasteiger charge is 2.19. The number of allylic oxidation sites excluding steroid dienone is 4. The van der Waals surface area contributed by atoms with E-state index < -0.39 is 6.29 Å². The second kappa shape index (κ2) is 33.1. The summed E-state index contributed by atoms with van der Waals surface area (Å²) in [4.78, 5) is 54.4. The fourth-order valence-corrected chi connectivity index (χ4v) is 5.83. The van der Waals surface area contributed by atoms with Crippen molar-refractivity contribution >= 4 is 54.3 Å². The number of methoxy groups -OCH3 is 3. The molecule has 2 N–H and O–H groups in total. The van der Waals surface area contributed by atoms with E-state index in [2.05, 4.69) is 14.2 Å². The minimum atomic E-state index is -0.698. The van der Waals surface area contributed by atoms with Crippen molar-refractivity contribution in [3.8, 4) is 0 Å². The van der Waals surface area contributed by atoms with Crippen molar-refractivity contribution in [3.63, 3.8) is 0 Å². The average molecular weight is 875 g/mol. The first-order valence-electron chi connectivity index (χ1n) is 21.1. The monoisotopic (exact) mass is 874 g/mol. The van der Waals surface area contributed by atoms with E-state index in [1.54, 1.807) is 12.1 Å². The lowest BCUT2D eigenvalue weighted by Crippen LogP contribution is -1.98. The number of carbonyl (C=O) groups excluding carboxylic acids is 5. The Morgan fingerprint density at radius 2 is 1.00 bits per heavy atom. The summed E-state index contributed by atoms with van der Waals surface area (Å²) in [7, 11) is 4.18. The van der Waals surface area contributed by atoms with Gasteiger partial charge in [-0.15, -0.1) is 0 Å². The number of aliphatic hydroxyl groups is 2. The summed E-state index contributed by atoms with van der Waals surface area (Å²) in [6, 6.07) is 30.6. The molecule has 0 saturated heterocycles. The van der Waals surface area contributed by atoms with Crippen LogP contribution in [-0.4, -0.2) is 61.5 Å². The van der Waals surface area contributed by atoms with Gasteiger partial charge in [0.25, 0.3) is 0 Å². The number of unbranched alkanes of at least 4 members (excludes halogenated alkanes) is 3. The lowest BCUT2D eigenvalue weighted by Gasteiger charge is -2.01. The molecule has 4 aromatic carbocycles. The summed E-state index contributed by atoms with van der Waals surface area (Å²) < 4.78 is 18.7. The molecule has 0 bridgehead atoms. The van der Waals surface area contributed by atoms with Crippen molar-refractivity contribution in [1.82, 2.24) is 0 Å². The summed E-state index contributed by atoms with van der Waals surface area (Å²) >= 11 is 0. The van der Waals surface area contributed by atoms with E-state index in [0.29, 0.717) is 31.4 Å². The quantitative estimate of drug-likeness (QED) is 0.0303. The predicted octanol–water partition coefficient (Wildman–Crippen LogP) is 10.2. The smallest absolute Gasteiger partial charge is 0.305 e. The zero-order valence-corrected chi connectivity index (χ0v) is 37.4. The van der Waals surface area contributed by atoms with E-state index in [9.17, 15) is 24.0 Å². The van der Waals surface area contributed by atoms with Crippen molar-refractivity contribution in [3.05, 3.63) is 166 Å². The lowest BCUT2D eigenvalue weighted by molar-refractivity contribution is -0.141. The number of aliphatic hydroxyl groups excluding tert-OH is 2. The van der Waals surface area contributed by atoms with Gasteiger partial charge >= 0.3 is 17.9 Å². The third kappa shape index (κ3) is 22.5. The van der Waals surface area contributed by atoms with Crippen LogP contribution in [0.5, 0.6) is 0 Å². The van der Waals surface area contributed by atoms with E-state index in [0.717, 1.165) is 83.8 Å². The molecule has 0 saturated carbocycles. The minimum Gasteiger partial charge on any atom is -0.469 e. The number of aldehydes is 1. The fraction of sp³-hybridized carbons (Fsp3) is 0.302. The van der Waals surface area contributed by atoms with Crippen molar-refractivity contribution in [2.75, 3.05) is 21.3 Å². The first kappa shape index (κ1) is 53.6. The fourth-order valence-electron chi connectivity index (χ4n) is 5.83. The molecule has 64 heavy (non-hydrogen) atoms. The Morgan fingerprint density at radius 3 is 1.45 bits per heavy atom. The average Bonchev–Trinajstić information content (AvgIpc) is 3.71. The lowest BCUT2D eigenvalue weighted by atomic mass is 10.1. The molecule has 0 aromatic heterocycles. The molecular weight excluding hydrogens is 813 g/mol. The van der Waals surface area contributed by atoms with Gasteiger partial charge in [0.2, 0.25) is 0 Å². The highest BCUT2D eigenvalue weighted by atomic mass is 16.6. The Balaban J connectivity index is 0.000000299. The molecule has 0 amide bonds. The third-order valence-corrected chi connectivity index (χ3v) is 9.39. The number of hydrogen-bond acceptors (Lipinski definition) is 11. The Morgan fingerprint density at radius 1 is 0.594 bits per heavy atom. The number of benzene rings is 4. The van der Waals surface area contributed by atoms with Gasteiger partial charge in [-0.05, 0) is 84.9 Å². The van der Waals surface area contributed by atoms with Gasteiger partial charge in [0.1, 0.15) is 0 Å². The van der Waals surface area contributed by atoms with Crippen molar-refractivity contribution in [2.45, 2.75) is 84.2 Å². The van der Waals surface area contributed by atoms with Gasteiger partial charge in [-0.1, -0.05) is 140 Å². The first-order chi connectivity index (χ1) is 31.1. The highest BCUT2D eigenvalue weighted by molar-refractivity contribution is 5.92. The Hall–Kier alpha value is -6.53. The topological polar surface area (TPSA) is 163 Å². The van der Waals surface area contributed by atoms with Crippen LogP contribution < -0.4 is 0 Å². The van der Waals surface area contributed by atoms with Crippen LogP contribution >= 0.6 is 0 Å². The molecule has 11 nitrogen and oxygen atoms in total. The van der Waals surface area contributed by atoms with E-state index >= 15 is 0 Å². The normalized spacial score (nSPS) is 12.6. The van der Waals surface area contributed by atoms with Crippen LogP contribution in [0.1, 0.15) is 120 Å². The maximum Gasteiger partial charge on any atom is 0.305 e. The summed E-state index contributed by atoms with van der Waals surface area (Å²) in [6.45, 7) is 2.11. The van der Waals surface area contributed by atoms with Crippen molar-refractivity contribution in [2.24, 2.45) is 0 Å². The molecule has 0 aliphatic carbocycles. The summed E-state index contributed by atoms with van der Waals surface area (Å²) in [6.07, 6.45) is 21.5. The standard InChI is InChI=1S/C17H20O3.C14H18O3.C14H16O3.C8H8O2/c1-14(18)12-13-16-10-7-6-9-15(16)8-4-3-5-11-17(19)20-2;2*1-17-14(16)10-4-2-3-7-12-8-5-6-9-13(12)11-15;9-8-7-4-2-1-3-6(7)5-10-8/h4,6-10,12-13H,3,5,11H2,1-2H3;3,5-9,15H,2,4,10-11H2,1H3;3,5-9,11H,2,4,10H2,1H3;1-4,8-9H,5H2/b8-4-,13-12+;2*7-3-;. The number of ether oxygens (including phenoxy) is 4. The molecule has 1 atom stereocenters. The van der Waals surface area contributed by atoms with Gasteiger partial charge in [0.15, 0.2) is 18.4 Å². The zero-order valence-electron chi connectivity index (χ0n) is 37.4. The van der Waals surface area contributed by atoms with Crippen LogP contribution in [0.15, 0.2) is 121 Å². The van der Waals surface area contributed by atoms with Crippen LogP contribution in [0.4, 0.5) is 0 Å². The molecule has 1 heterocycles. The van der Waals surface area contributed by atoms with Gasteiger partial charge in [0, 0.05) is 30.4 Å². The second-order valence-corrected chi connectivity index (χ2v) is 14.2. The van der Waals surface area contributed by atoms with Gasteiger partial charge in [-0.2, -0.15) is 0 Å². The van der Waals surface area contributed by atoms with Gasteiger partial charge in [-0.25, -0.2) is 0 Å². The van der Waals surface area contributed by atoms with Crippen LogP contribution in [-0.2, 0) is 51.3 Å². The minimum absolute atomic E-state index is 0.0295. The van der Waals surface area contributed by atoms with E-state index in [1.165, 1.54) is 28.3 Å². The van der Waals surface area contributed by atoms with Crippen molar-refractivity contribution < 1.29 is 53.1 Å². The largest absolute Gasteiger partial charge is 0.469 e. The Bertz CT molecular complexity index is 2150. The molecule has 11 heteroatoms. The van der Waals surface area contributed by atoms with Gasteiger partial charge in [0.05, 0.1) is 34.5 Å². The number of rotatable bonds is 19. The van der Waals surface area contributed by atoms with E-state index in [1.807, 2.05) is 134 Å². The van der Waals surface area contributed by atoms with Crippen LogP contribution in [0, 0.1) is 0 Å². The Labute approximate surface area is 377 Å². The van der Waals surface area contributed by atoms with Crippen LogP contribution in [0.25, 0.3) is 24.3 Å². The molecule has 5 rings (SSSR count). The van der Waals surface area contributed by atoms with Crippen LogP contribution in [0.3, 0.4) is 0 Å². The van der Waals surface area contributed by atoms with Crippen LogP contribution in [0.2, 0.25) is 0 Å². The number of ketones is 1. The number of hydrogen-bond donors (Lipinski definition) is 2. The molecule has 1 aliphatic heterocycles. The maximum absolute atomic E-state index is 11.0. The summed E-state index contributed by atoms with van der Waals surface area (Å²) in [5, 5.41) is 18.3. The SMILES string of the molecule is COC(=O)CCC/C=C\c1ccccc1/C=C/C(C)=O.COC(=O)CCC/C=C\c1ccccc1C=O.COC(=O)CCC/C=C\c1ccccc1CO.OC1OCc2ccccc21. The number of fused-ring (bicyclic) bond motifs is 1. The molecule has 0 radical (unpaired) electrons. The number of esters is 3. The van der Waals surface area contributed by atoms with Gasteiger partial charge in [-0.3, -0.25) is 24.0 Å². The molecule has 340 valence electrons. The molecular formula is C53H62O11. The second-order valence-electron chi connectivity index (χ2n) is 14.2. The highest BCUT2D eigenvalue weighted by Crippen LogP contribution is 2.27. The molecule has 4 aromatic rings. The van der Waals surface area contributed by atoms with E-state index in [4.69, 9.17) is 14.9 Å². The van der Waals surface area contributed by atoms with E-state index in [-0.39, 0.29) is 30.3 Å². The number of carbonyl (C=O) groups is 5. The predicted molar refractivity (Wildman–Crippen MR) is 251 cm³/mol.